The summed E-state index contributed by atoms with van der Waals surface area (Å²) in [7, 11) is 1.80. The minimum Gasteiger partial charge on any atom is -0.307 e. The molecule has 0 saturated carbocycles. The van der Waals surface area contributed by atoms with E-state index in [1.54, 1.807) is 18.1 Å². The molecule has 108 valence electrons. The first-order valence-electron chi connectivity index (χ1n) is 6.29. The van der Waals surface area contributed by atoms with Crippen LogP contribution < -0.4 is 5.32 Å². The van der Waals surface area contributed by atoms with Crippen LogP contribution in [0.4, 0.5) is 13.2 Å². The lowest BCUT2D eigenvalue weighted by atomic mass is 10.1. The van der Waals surface area contributed by atoms with Crippen LogP contribution in [-0.4, -0.2) is 51.5 Å². The molecule has 0 aromatic carbocycles. The van der Waals surface area contributed by atoms with Crippen molar-refractivity contribution >= 4 is 0 Å². The number of piperidine rings is 1. The summed E-state index contributed by atoms with van der Waals surface area (Å²) >= 11 is 0. The Balaban J connectivity index is 1.69. The van der Waals surface area contributed by atoms with Crippen LogP contribution in [0, 0.1) is 0 Å². The molecule has 5 nitrogen and oxygen atoms in total. The fraction of sp³-hybridized carbons (Fsp3) is 0.818. The second-order valence-electron chi connectivity index (χ2n) is 4.88. The zero-order valence-electron chi connectivity index (χ0n) is 10.8. The summed E-state index contributed by atoms with van der Waals surface area (Å²) in [5, 5.41) is 7.43. The van der Waals surface area contributed by atoms with Crippen molar-refractivity contribution in [1.82, 2.24) is 25.0 Å². The zero-order chi connectivity index (χ0) is 13.9. The van der Waals surface area contributed by atoms with Gasteiger partial charge in [0.2, 0.25) is 0 Å². The number of aromatic nitrogens is 3. The third kappa shape index (κ3) is 4.79. The van der Waals surface area contributed by atoms with Gasteiger partial charge in [-0.25, -0.2) is 4.98 Å². The number of hydrogen-bond donors (Lipinski definition) is 1. The maximum absolute atomic E-state index is 12.2. The minimum absolute atomic E-state index is 0.244. The molecular formula is C11H18F3N5. The molecule has 0 spiro atoms. The monoisotopic (exact) mass is 277 g/mol. The van der Waals surface area contributed by atoms with Crippen molar-refractivity contribution in [1.29, 1.82) is 0 Å². The first kappa shape index (κ1) is 14.3. The summed E-state index contributed by atoms with van der Waals surface area (Å²) in [6.07, 6.45) is -1.02. The Labute approximate surface area is 109 Å². The molecule has 0 amide bonds. The maximum Gasteiger partial charge on any atom is 0.401 e. The summed E-state index contributed by atoms with van der Waals surface area (Å²) in [6.45, 7) is 0.714. The van der Waals surface area contributed by atoms with E-state index in [1.807, 2.05) is 0 Å². The molecule has 1 fully saturated rings. The van der Waals surface area contributed by atoms with Gasteiger partial charge in [0.25, 0.3) is 0 Å². The van der Waals surface area contributed by atoms with Crippen LogP contribution in [-0.2, 0) is 13.6 Å². The number of nitrogens with one attached hydrogen (secondary N) is 1. The molecule has 0 unspecified atom stereocenters. The Morgan fingerprint density at radius 3 is 2.58 bits per heavy atom. The van der Waals surface area contributed by atoms with Gasteiger partial charge in [-0.05, 0) is 25.9 Å². The Morgan fingerprint density at radius 1 is 1.37 bits per heavy atom. The molecular weight excluding hydrogens is 259 g/mol. The van der Waals surface area contributed by atoms with Crippen LogP contribution in [0.25, 0.3) is 0 Å². The summed E-state index contributed by atoms with van der Waals surface area (Å²) in [5.41, 5.74) is 0. The van der Waals surface area contributed by atoms with E-state index < -0.39 is 12.7 Å². The summed E-state index contributed by atoms with van der Waals surface area (Å²) in [4.78, 5) is 5.55. The fourth-order valence-corrected chi connectivity index (χ4v) is 2.25. The van der Waals surface area contributed by atoms with Gasteiger partial charge in [-0.1, -0.05) is 0 Å². The van der Waals surface area contributed by atoms with Crippen molar-refractivity contribution < 1.29 is 13.2 Å². The van der Waals surface area contributed by atoms with Gasteiger partial charge >= 0.3 is 6.18 Å². The van der Waals surface area contributed by atoms with E-state index in [0.29, 0.717) is 25.5 Å². The lowest BCUT2D eigenvalue weighted by molar-refractivity contribution is -0.148. The average Bonchev–Trinajstić information content (AvgIpc) is 2.72. The number of alkyl halides is 3. The van der Waals surface area contributed by atoms with Crippen molar-refractivity contribution in [3.05, 3.63) is 12.2 Å². The summed E-state index contributed by atoms with van der Waals surface area (Å²) < 4.78 is 38.3. The van der Waals surface area contributed by atoms with Crippen LogP contribution >= 0.6 is 0 Å². The Bertz CT molecular complexity index is 395. The van der Waals surface area contributed by atoms with Crippen molar-refractivity contribution in [2.24, 2.45) is 7.05 Å². The smallest absolute Gasteiger partial charge is 0.307 e. The molecule has 2 rings (SSSR count). The second-order valence-corrected chi connectivity index (χ2v) is 4.88. The van der Waals surface area contributed by atoms with Crippen LogP contribution in [0.3, 0.4) is 0 Å². The Morgan fingerprint density at radius 2 is 2.05 bits per heavy atom. The van der Waals surface area contributed by atoms with Crippen molar-refractivity contribution in [2.75, 3.05) is 19.6 Å². The summed E-state index contributed by atoms with van der Waals surface area (Å²) in [5.74, 6) is 0.709. The van der Waals surface area contributed by atoms with Crippen molar-refractivity contribution in [3.63, 3.8) is 0 Å². The molecule has 1 aromatic heterocycles. The Kier molecular flexibility index (Phi) is 4.41. The van der Waals surface area contributed by atoms with Crippen LogP contribution in [0.1, 0.15) is 18.7 Å². The van der Waals surface area contributed by atoms with E-state index >= 15 is 0 Å². The molecule has 0 radical (unpaired) electrons. The zero-order valence-corrected chi connectivity index (χ0v) is 10.8. The van der Waals surface area contributed by atoms with Gasteiger partial charge in [0, 0.05) is 13.1 Å². The average molecular weight is 277 g/mol. The van der Waals surface area contributed by atoms with Gasteiger partial charge in [0.15, 0.2) is 5.82 Å². The normalized spacial score (nSPS) is 18.9. The summed E-state index contributed by atoms with van der Waals surface area (Å²) in [6, 6.07) is 0.244. The van der Waals surface area contributed by atoms with Crippen LogP contribution in [0.15, 0.2) is 6.33 Å². The predicted octanol–water partition coefficient (Wildman–Crippen LogP) is 0.931. The SMILES string of the molecule is Cn1cnc(CNC2CCN(CC(F)(F)F)CC2)n1. The van der Waals surface area contributed by atoms with Gasteiger partial charge < -0.3 is 5.32 Å². The topological polar surface area (TPSA) is 46.0 Å². The molecule has 1 aromatic rings. The molecule has 19 heavy (non-hydrogen) atoms. The van der Waals surface area contributed by atoms with Crippen molar-refractivity contribution in [3.8, 4) is 0 Å². The highest BCUT2D eigenvalue weighted by molar-refractivity contribution is 4.84. The number of nitrogens with zero attached hydrogens (tertiary/aromatic N) is 4. The molecule has 1 N–H and O–H groups in total. The number of aryl methyl sites for hydroxylation is 1. The first-order valence-corrected chi connectivity index (χ1v) is 6.29. The molecule has 0 bridgehead atoms. The van der Waals surface area contributed by atoms with E-state index in [-0.39, 0.29) is 6.04 Å². The molecule has 8 heteroatoms. The third-order valence-electron chi connectivity index (χ3n) is 3.19. The minimum atomic E-state index is -4.10. The lowest BCUT2D eigenvalue weighted by Crippen LogP contribution is -2.45. The van der Waals surface area contributed by atoms with Gasteiger partial charge in [-0.2, -0.15) is 18.3 Å². The second kappa shape index (κ2) is 5.87. The van der Waals surface area contributed by atoms with Crippen LogP contribution in [0.2, 0.25) is 0 Å². The lowest BCUT2D eigenvalue weighted by Gasteiger charge is -2.32. The highest BCUT2D eigenvalue weighted by atomic mass is 19.4. The van der Waals surface area contributed by atoms with Gasteiger partial charge in [0.05, 0.1) is 13.1 Å². The third-order valence-corrected chi connectivity index (χ3v) is 3.19. The quantitative estimate of drug-likeness (QED) is 0.889. The molecule has 0 atom stereocenters. The standard InChI is InChI=1S/C11H18F3N5/c1-18-8-16-10(17-18)6-15-9-2-4-19(5-3-9)7-11(12,13)14/h8-9,15H,2-7H2,1H3. The van der Waals surface area contributed by atoms with Crippen molar-refractivity contribution in [2.45, 2.75) is 31.6 Å². The first-order chi connectivity index (χ1) is 8.92. The fourth-order valence-electron chi connectivity index (χ4n) is 2.25. The molecule has 1 saturated heterocycles. The highest BCUT2D eigenvalue weighted by Gasteiger charge is 2.32. The van der Waals surface area contributed by atoms with E-state index in [0.717, 1.165) is 12.8 Å². The van der Waals surface area contributed by atoms with Crippen LogP contribution in [0.5, 0.6) is 0 Å². The largest absolute Gasteiger partial charge is 0.401 e. The number of halogens is 3. The van der Waals surface area contributed by atoms with E-state index in [9.17, 15) is 13.2 Å². The number of likely N-dealkylation sites (tertiary alicyclic amines) is 1. The van der Waals surface area contributed by atoms with E-state index in [2.05, 4.69) is 15.4 Å². The highest BCUT2D eigenvalue weighted by Crippen LogP contribution is 2.19. The maximum atomic E-state index is 12.2. The van der Waals surface area contributed by atoms with Gasteiger partial charge in [-0.15, -0.1) is 0 Å². The van der Waals surface area contributed by atoms with Gasteiger partial charge in [-0.3, -0.25) is 9.58 Å². The van der Waals surface area contributed by atoms with E-state index in [1.165, 1.54) is 4.90 Å². The molecule has 1 aliphatic heterocycles. The molecule has 1 aliphatic rings. The van der Waals surface area contributed by atoms with E-state index in [4.69, 9.17) is 0 Å². The number of rotatable bonds is 4. The predicted molar refractivity (Wildman–Crippen MR) is 63.4 cm³/mol. The Hall–Kier alpha value is -1.15. The number of hydrogen-bond acceptors (Lipinski definition) is 4. The molecule has 2 heterocycles. The van der Waals surface area contributed by atoms with Gasteiger partial charge in [0.1, 0.15) is 6.33 Å². The molecule has 0 aliphatic carbocycles.